The second-order valence-electron chi connectivity index (χ2n) is 9.04. The number of hydrogen-bond acceptors (Lipinski definition) is 5. The monoisotopic (exact) mass is 464 g/mol. The first-order valence-electron chi connectivity index (χ1n) is 11.8. The molecule has 1 atom stereocenters. The van der Waals surface area contributed by atoms with E-state index in [4.69, 9.17) is 11.6 Å². The first-order chi connectivity index (χ1) is 16.1. The second kappa shape index (κ2) is 9.51. The Labute approximate surface area is 199 Å². The smallest absolute Gasteiger partial charge is 0.272 e. The molecule has 4 heterocycles. The summed E-state index contributed by atoms with van der Waals surface area (Å²) < 4.78 is 0. The van der Waals surface area contributed by atoms with Crippen molar-refractivity contribution in [2.24, 2.45) is 0 Å². The van der Waals surface area contributed by atoms with Gasteiger partial charge >= 0.3 is 0 Å². The zero-order valence-corrected chi connectivity index (χ0v) is 19.7. The summed E-state index contributed by atoms with van der Waals surface area (Å²) in [4.78, 5) is 26.9. The van der Waals surface area contributed by atoms with Crippen molar-refractivity contribution in [1.29, 1.82) is 0 Å². The van der Waals surface area contributed by atoms with E-state index in [-0.39, 0.29) is 11.8 Å². The van der Waals surface area contributed by atoms with Crippen LogP contribution >= 0.6 is 11.6 Å². The van der Waals surface area contributed by atoms with Crippen LogP contribution in [0.1, 0.15) is 59.9 Å². The quantitative estimate of drug-likeness (QED) is 0.597. The predicted octanol–water partition coefficient (Wildman–Crippen LogP) is 4.84. The van der Waals surface area contributed by atoms with Gasteiger partial charge in [0.25, 0.3) is 5.91 Å². The molecule has 5 rings (SSSR count). The van der Waals surface area contributed by atoms with Gasteiger partial charge in [-0.05, 0) is 62.8 Å². The maximum Gasteiger partial charge on any atom is 0.272 e. The number of carbonyl (C=O) groups excluding carboxylic acids is 1. The Kier molecular flexibility index (Phi) is 6.31. The number of benzene rings is 1. The molecule has 7 nitrogen and oxygen atoms in total. The van der Waals surface area contributed by atoms with Gasteiger partial charge in [-0.2, -0.15) is 5.10 Å². The standard InChI is InChI=1S/C25H29ClN6O/c1-17-14-22(29-25(28-17)31-11-3-2-4-12-31)24(33)32-13-5-6-19(16-32)23-21(15-27-30-23)18-7-9-20(26)10-8-18/h7-10,14-15,19H,2-6,11-13,16H2,1H3,(H,27,30). The molecule has 172 valence electrons. The first-order valence-corrected chi connectivity index (χ1v) is 12.2. The fourth-order valence-corrected chi connectivity index (χ4v) is 5.05. The van der Waals surface area contributed by atoms with Gasteiger partial charge in [0, 0.05) is 54.1 Å². The average Bonchev–Trinajstić information content (AvgIpc) is 3.34. The summed E-state index contributed by atoms with van der Waals surface area (Å²) in [7, 11) is 0. The van der Waals surface area contributed by atoms with Crippen LogP contribution in [0.15, 0.2) is 36.5 Å². The number of likely N-dealkylation sites (tertiary alicyclic amines) is 1. The molecule has 1 aromatic carbocycles. The first kappa shape index (κ1) is 21.9. The van der Waals surface area contributed by atoms with Crippen molar-refractivity contribution in [1.82, 2.24) is 25.1 Å². The summed E-state index contributed by atoms with van der Waals surface area (Å²) in [5.74, 6) is 0.863. The number of piperidine rings is 2. The third-order valence-electron chi connectivity index (χ3n) is 6.64. The molecule has 8 heteroatoms. The second-order valence-corrected chi connectivity index (χ2v) is 9.47. The van der Waals surface area contributed by atoms with Crippen molar-refractivity contribution in [2.45, 2.75) is 44.9 Å². The molecule has 2 aliphatic rings. The molecule has 2 fully saturated rings. The minimum absolute atomic E-state index is 0.0176. The van der Waals surface area contributed by atoms with Gasteiger partial charge in [-0.1, -0.05) is 23.7 Å². The molecule has 0 aliphatic carbocycles. The van der Waals surface area contributed by atoms with Crippen LogP contribution in [-0.2, 0) is 0 Å². The third-order valence-corrected chi connectivity index (χ3v) is 6.89. The number of nitrogens with zero attached hydrogens (tertiary/aromatic N) is 5. The highest BCUT2D eigenvalue weighted by Crippen LogP contribution is 2.34. The number of halogens is 1. The van der Waals surface area contributed by atoms with Crippen molar-refractivity contribution in [3.8, 4) is 11.1 Å². The van der Waals surface area contributed by atoms with Crippen LogP contribution in [0.4, 0.5) is 5.95 Å². The van der Waals surface area contributed by atoms with E-state index in [0.29, 0.717) is 23.2 Å². The Morgan fingerprint density at radius 3 is 2.64 bits per heavy atom. The molecule has 3 aromatic rings. The van der Waals surface area contributed by atoms with E-state index in [1.165, 1.54) is 6.42 Å². The number of aromatic amines is 1. The van der Waals surface area contributed by atoms with Gasteiger partial charge < -0.3 is 9.80 Å². The largest absolute Gasteiger partial charge is 0.341 e. The average molecular weight is 465 g/mol. The highest BCUT2D eigenvalue weighted by molar-refractivity contribution is 6.30. The Morgan fingerprint density at radius 1 is 1.06 bits per heavy atom. The molecule has 1 unspecified atom stereocenters. The molecular formula is C25H29ClN6O. The highest BCUT2D eigenvalue weighted by Gasteiger charge is 2.29. The molecule has 2 aliphatic heterocycles. The lowest BCUT2D eigenvalue weighted by atomic mass is 9.90. The van der Waals surface area contributed by atoms with Crippen molar-refractivity contribution in [3.05, 3.63) is 58.6 Å². The summed E-state index contributed by atoms with van der Waals surface area (Å²) in [6.45, 7) is 5.23. The number of hydrogen-bond donors (Lipinski definition) is 1. The van der Waals surface area contributed by atoms with Crippen LogP contribution in [0.3, 0.4) is 0 Å². The van der Waals surface area contributed by atoms with Crippen molar-refractivity contribution in [2.75, 3.05) is 31.1 Å². The number of rotatable bonds is 4. The van der Waals surface area contributed by atoms with Crippen LogP contribution in [0.5, 0.6) is 0 Å². The molecule has 1 amide bonds. The van der Waals surface area contributed by atoms with E-state index in [1.807, 2.05) is 48.4 Å². The lowest BCUT2D eigenvalue weighted by Crippen LogP contribution is -2.40. The van der Waals surface area contributed by atoms with Gasteiger partial charge in [0.2, 0.25) is 5.95 Å². The number of aromatic nitrogens is 4. The maximum absolute atomic E-state index is 13.5. The minimum atomic E-state index is -0.0176. The summed E-state index contributed by atoms with van der Waals surface area (Å²) in [6.07, 6.45) is 7.35. The van der Waals surface area contributed by atoms with E-state index in [1.54, 1.807) is 0 Å². The number of nitrogens with one attached hydrogen (secondary N) is 1. The number of anilines is 1. The Balaban J connectivity index is 1.36. The van der Waals surface area contributed by atoms with Crippen molar-refractivity contribution in [3.63, 3.8) is 0 Å². The van der Waals surface area contributed by atoms with Gasteiger partial charge in [0.1, 0.15) is 5.69 Å². The lowest BCUT2D eigenvalue weighted by Gasteiger charge is -2.33. The predicted molar refractivity (Wildman–Crippen MR) is 130 cm³/mol. The molecule has 33 heavy (non-hydrogen) atoms. The molecule has 2 saturated heterocycles. The van der Waals surface area contributed by atoms with Crippen LogP contribution in [0.25, 0.3) is 11.1 Å². The molecule has 0 bridgehead atoms. The molecule has 1 N–H and O–H groups in total. The molecule has 0 radical (unpaired) electrons. The van der Waals surface area contributed by atoms with Gasteiger partial charge in [0.15, 0.2) is 0 Å². The Morgan fingerprint density at radius 2 is 1.85 bits per heavy atom. The van der Waals surface area contributed by atoms with Gasteiger partial charge in [0.05, 0.1) is 6.20 Å². The van der Waals surface area contributed by atoms with E-state index in [2.05, 4.69) is 25.1 Å². The van der Waals surface area contributed by atoms with E-state index in [9.17, 15) is 4.79 Å². The number of H-pyrrole nitrogens is 1. The minimum Gasteiger partial charge on any atom is -0.341 e. The maximum atomic E-state index is 13.5. The van der Waals surface area contributed by atoms with Crippen LogP contribution in [-0.4, -0.2) is 57.2 Å². The van der Waals surface area contributed by atoms with Gasteiger partial charge in [-0.3, -0.25) is 9.89 Å². The molecule has 2 aromatic heterocycles. The fraction of sp³-hybridized carbons (Fsp3) is 0.440. The van der Waals surface area contributed by atoms with E-state index >= 15 is 0 Å². The summed E-state index contributed by atoms with van der Waals surface area (Å²) in [6, 6.07) is 9.61. The number of carbonyl (C=O) groups is 1. The Bertz CT molecular complexity index is 1120. The number of amides is 1. The zero-order valence-electron chi connectivity index (χ0n) is 18.9. The van der Waals surface area contributed by atoms with E-state index < -0.39 is 0 Å². The lowest BCUT2D eigenvalue weighted by molar-refractivity contribution is 0.0699. The van der Waals surface area contributed by atoms with Gasteiger partial charge in [-0.25, -0.2) is 9.97 Å². The number of aryl methyl sites for hydroxylation is 1. The van der Waals surface area contributed by atoms with Crippen molar-refractivity contribution < 1.29 is 4.79 Å². The highest BCUT2D eigenvalue weighted by atomic mass is 35.5. The van der Waals surface area contributed by atoms with Crippen LogP contribution in [0, 0.1) is 6.92 Å². The van der Waals surface area contributed by atoms with E-state index in [0.717, 1.165) is 67.8 Å². The summed E-state index contributed by atoms with van der Waals surface area (Å²) in [5.41, 5.74) is 4.54. The summed E-state index contributed by atoms with van der Waals surface area (Å²) >= 11 is 6.06. The topological polar surface area (TPSA) is 78.0 Å². The molecular weight excluding hydrogens is 436 g/mol. The zero-order chi connectivity index (χ0) is 22.8. The molecule has 0 saturated carbocycles. The summed E-state index contributed by atoms with van der Waals surface area (Å²) in [5, 5.41) is 8.22. The van der Waals surface area contributed by atoms with Crippen LogP contribution in [0.2, 0.25) is 5.02 Å². The fourth-order valence-electron chi connectivity index (χ4n) is 4.92. The Hall–Kier alpha value is -2.93. The van der Waals surface area contributed by atoms with Crippen molar-refractivity contribution >= 4 is 23.5 Å². The normalized spacial score (nSPS) is 19.0. The van der Waals surface area contributed by atoms with Gasteiger partial charge in [-0.15, -0.1) is 0 Å². The third kappa shape index (κ3) is 4.74. The molecule has 0 spiro atoms. The SMILES string of the molecule is Cc1cc(C(=O)N2CCCC(c3[nH]ncc3-c3ccc(Cl)cc3)C2)nc(N2CCCCC2)n1. The van der Waals surface area contributed by atoms with Crippen LogP contribution < -0.4 is 4.90 Å².